The molecular formula is C13H23N3O7. The number of carboxylic acid groups (broad SMARTS) is 3. The number of rotatable bonds is 12. The predicted octanol–water partition coefficient (Wildman–Crippen LogP) is -0.424. The fourth-order valence-electron chi connectivity index (χ4n) is 1.81. The quantitative estimate of drug-likeness (QED) is 0.260. The maximum atomic E-state index is 11.7. The first-order valence-corrected chi connectivity index (χ1v) is 7.22. The molecule has 10 nitrogen and oxygen atoms in total. The van der Waals surface area contributed by atoms with Gasteiger partial charge in [0.05, 0.1) is 0 Å². The van der Waals surface area contributed by atoms with E-state index in [1.165, 1.54) is 0 Å². The van der Waals surface area contributed by atoms with E-state index in [0.717, 1.165) is 12.8 Å². The lowest BCUT2D eigenvalue weighted by Crippen LogP contribution is -2.51. The van der Waals surface area contributed by atoms with Crippen LogP contribution in [0, 0.1) is 0 Å². The van der Waals surface area contributed by atoms with Gasteiger partial charge in [-0.15, -0.1) is 0 Å². The first kappa shape index (κ1) is 20.6. The summed E-state index contributed by atoms with van der Waals surface area (Å²) in [5, 5.41) is 30.7. The predicted molar refractivity (Wildman–Crippen MR) is 78.9 cm³/mol. The maximum absolute atomic E-state index is 11.7. The van der Waals surface area contributed by atoms with Crippen molar-refractivity contribution in [2.75, 3.05) is 6.54 Å². The number of nitrogens with two attached hydrogens (primary N) is 1. The Labute approximate surface area is 133 Å². The minimum Gasteiger partial charge on any atom is -0.481 e. The lowest BCUT2D eigenvalue weighted by molar-refractivity contribution is -0.140. The minimum absolute atomic E-state index is 0.190. The Balaban J connectivity index is 4.44. The molecule has 0 saturated carbocycles. The normalized spacial score (nSPS) is 12.9. The molecule has 0 radical (unpaired) electrons. The number of unbranched alkanes of at least 4 members (excludes halogenated alkanes) is 2. The smallest absolute Gasteiger partial charge is 0.326 e. The van der Waals surface area contributed by atoms with Crippen molar-refractivity contribution >= 4 is 23.9 Å². The lowest BCUT2D eigenvalue weighted by atomic mass is 10.1. The molecule has 0 aromatic carbocycles. The van der Waals surface area contributed by atoms with Crippen LogP contribution in [-0.4, -0.2) is 57.9 Å². The molecule has 10 heteroatoms. The van der Waals surface area contributed by atoms with Gasteiger partial charge >= 0.3 is 23.9 Å². The first-order valence-electron chi connectivity index (χ1n) is 7.22. The van der Waals surface area contributed by atoms with E-state index in [9.17, 15) is 19.2 Å². The van der Waals surface area contributed by atoms with Crippen molar-refractivity contribution in [2.45, 2.75) is 50.6 Å². The molecule has 0 rings (SSSR count). The molecule has 0 aromatic heterocycles. The van der Waals surface area contributed by atoms with Gasteiger partial charge in [-0.3, -0.25) is 4.79 Å². The number of nitrogens with one attached hydrogen (secondary N) is 2. The highest BCUT2D eigenvalue weighted by Crippen LogP contribution is 2.04. The maximum Gasteiger partial charge on any atom is 0.326 e. The van der Waals surface area contributed by atoms with Crippen LogP contribution in [-0.2, 0) is 14.4 Å². The van der Waals surface area contributed by atoms with Crippen LogP contribution < -0.4 is 16.4 Å². The van der Waals surface area contributed by atoms with Crippen LogP contribution in [0.4, 0.5) is 4.79 Å². The van der Waals surface area contributed by atoms with Gasteiger partial charge in [0.25, 0.3) is 0 Å². The second kappa shape index (κ2) is 11.2. The summed E-state index contributed by atoms with van der Waals surface area (Å²) < 4.78 is 0. The Bertz CT molecular complexity index is 428. The van der Waals surface area contributed by atoms with Crippen molar-refractivity contribution in [3.63, 3.8) is 0 Å². The molecule has 2 atom stereocenters. The van der Waals surface area contributed by atoms with Crippen molar-refractivity contribution in [1.82, 2.24) is 10.6 Å². The van der Waals surface area contributed by atoms with E-state index in [0.29, 0.717) is 13.0 Å². The summed E-state index contributed by atoms with van der Waals surface area (Å²) >= 11 is 0. The highest BCUT2D eigenvalue weighted by molar-refractivity contribution is 5.86. The van der Waals surface area contributed by atoms with Crippen LogP contribution in [0.1, 0.15) is 38.5 Å². The molecule has 0 aromatic rings. The van der Waals surface area contributed by atoms with Gasteiger partial charge < -0.3 is 31.7 Å². The summed E-state index contributed by atoms with van der Waals surface area (Å²) in [6.45, 7) is 0.496. The third-order valence-corrected chi connectivity index (χ3v) is 3.05. The second-order valence-corrected chi connectivity index (χ2v) is 4.97. The number of hydrogen-bond acceptors (Lipinski definition) is 5. The fourth-order valence-corrected chi connectivity index (χ4v) is 1.81. The summed E-state index contributed by atoms with van der Waals surface area (Å²) in [6.07, 6.45) is 1.48. The standard InChI is InChI=1S/C13H23N3O7/c14-7-3-1-2-4-8(11(19)20)15-13(23)16-9(12(21)22)5-6-10(17)18/h8-9H,1-7,14H2,(H,17,18)(H,19,20)(H,21,22)(H2,15,16,23)/t8-,9-/m0/s1. The van der Waals surface area contributed by atoms with Crippen LogP contribution >= 0.6 is 0 Å². The van der Waals surface area contributed by atoms with Crippen molar-refractivity contribution in [3.05, 3.63) is 0 Å². The van der Waals surface area contributed by atoms with Gasteiger partial charge in [-0.1, -0.05) is 12.8 Å². The molecule has 0 aliphatic carbocycles. The van der Waals surface area contributed by atoms with Gasteiger partial charge in [-0.25, -0.2) is 14.4 Å². The summed E-state index contributed by atoms with van der Waals surface area (Å²) in [5.74, 6) is -3.82. The van der Waals surface area contributed by atoms with Gasteiger partial charge in [0, 0.05) is 6.42 Å². The topological polar surface area (TPSA) is 179 Å². The summed E-state index contributed by atoms with van der Waals surface area (Å²) in [6, 6.07) is -3.52. The van der Waals surface area contributed by atoms with Gasteiger partial charge in [0.15, 0.2) is 0 Å². The first-order chi connectivity index (χ1) is 10.8. The average molecular weight is 333 g/mol. The zero-order chi connectivity index (χ0) is 17.8. The van der Waals surface area contributed by atoms with Crippen LogP contribution in [0.15, 0.2) is 0 Å². The molecule has 2 amide bonds. The molecule has 0 heterocycles. The van der Waals surface area contributed by atoms with E-state index in [1.54, 1.807) is 0 Å². The van der Waals surface area contributed by atoms with Crippen molar-refractivity contribution in [2.24, 2.45) is 5.73 Å². The molecule has 0 fully saturated rings. The fraction of sp³-hybridized carbons (Fsp3) is 0.692. The lowest BCUT2D eigenvalue weighted by Gasteiger charge is -2.18. The number of carboxylic acids is 3. The Morgan fingerprint density at radius 3 is 1.78 bits per heavy atom. The molecule has 7 N–H and O–H groups in total. The van der Waals surface area contributed by atoms with Gasteiger partial charge in [0.2, 0.25) is 0 Å². The van der Waals surface area contributed by atoms with Crippen molar-refractivity contribution < 1.29 is 34.5 Å². The molecule has 132 valence electrons. The van der Waals surface area contributed by atoms with E-state index < -0.39 is 42.4 Å². The number of carbonyl (C=O) groups excluding carboxylic acids is 1. The number of urea groups is 1. The van der Waals surface area contributed by atoms with Crippen LogP contribution in [0.3, 0.4) is 0 Å². The van der Waals surface area contributed by atoms with Crippen LogP contribution in [0.2, 0.25) is 0 Å². The van der Waals surface area contributed by atoms with Gasteiger partial charge in [0.1, 0.15) is 12.1 Å². The molecule has 0 unspecified atom stereocenters. The van der Waals surface area contributed by atoms with Crippen LogP contribution in [0.5, 0.6) is 0 Å². The SMILES string of the molecule is NCCCCC[C@H](NC(=O)N[C@@H](CCC(=O)O)C(=O)O)C(=O)O. The highest BCUT2D eigenvalue weighted by Gasteiger charge is 2.24. The molecule has 0 spiro atoms. The summed E-state index contributed by atoms with van der Waals surface area (Å²) in [7, 11) is 0. The van der Waals surface area contributed by atoms with E-state index in [-0.39, 0.29) is 12.8 Å². The van der Waals surface area contributed by atoms with E-state index in [2.05, 4.69) is 10.6 Å². The molecule has 0 saturated heterocycles. The zero-order valence-electron chi connectivity index (χ0n) is 12.7. The summed E-state index contributed by atoms with van der Waals surface area (Å²) in [5.41, 5.74) is 5.33. The monoisotopic (exact) mass is 333 g/mol. The molecule has 23 heavy (non-hydrogen) atoms. The Morgan fingerprint density at radius 2 is 1.35 bits per heavy atom. The van der Waals surface area contributed by atoms with E-state index in [4.69, 9.17) is 21.1 Å². The minimum atomic E-state index is -1.40. The number of amides is 2. The largest absolute Gasteiger partial charge is 0.481 e. The number of carbonyl (C=O) groups is 4. The van der Waals surface area contributed by atoms with E-state index in [1.807, 2.05) is 0 Å². The number of aliphatic carboxylic acids is 3. The third kappa shape index (κ3) is 10.1. The van der Waals surface area contributed by atoms with Gasteiger partial charge in [-0.05, 0) is 25.8 Å². The van der Waals surface area contributed by atoms with Gasteiger partial charge in [-0.2, -0.15) is 0 Å². The van der Waals surface area contributed by atoms with Crippen LogP contribution in [0.25, 0.3) is 0 Å². The molecule has 0 bridgehead atoms. The number of hydrogen-bond donors (Lipinski definition) is 6. The average Bonchev–Trinajstić information content (AvgIpc) is 2.45. The second-order valence-electron chi connectivity index (χ2n) is 4.97. The Morgan fingerprint density at radius 1 is 0.826 bits per heavy atom. The molecular weight excluding hydrogens is 310 g/mol. The third-order valence-electron chi connectivity index (χ3n) is 3.05. The van der Waals surface area contributed by atoms with Crippen molar-refractivity contribution in [1.29, 1.82) is 0 Å². The highest BCUT2D eigenvalue weighted by atomic mass is 16.4. The zero-order valence-corrected chi connectivity index (χ0v) is 12.7. The van der Waals surface area contributed by atoms with E-state index >= 15 is 0 Å². The molecule has 0 aliphatic rings. The summed E-state index contributed by atoms with van der Waals surface area (Å²) in [4.78, 5) is 44.2. The van der Waals surface area contributed by atoms with Crippen molar-refractivity contribution in [3.8, 4) is 0 Å². The Hall–Kier alpha value is -2.36. The Kier molecular flexibility index (Phi) is 10.1. The molecule has 0 aliphatic heterocycles.